The standard InChI is InChI=1S/Cu.6O.2Ta/q+2;;;;;2*-1;;. The molecule has 0 bridgehead atoms. The maximum atomic E-state index is 8.62. The van der Waals surface area contributed by atoms with E-state index in [0.717, 1.165) is 0 Å². The molecule has 0 aromatic carbocycles. The van der Waals surface area contributed by atoms with Gasteiger partial charge in [-0.3, -0.25) is 0 Å². The molecule has 0 spiro atoms. The van der Waals surface area contributed by atoms with Gasteiger partial charge < -0.3 is 0 Å². The van der Waals surface area contributed by atoms with Crippen molar-refractivity contribution >= 4 is 0 Å². The van der Waals surface area contributed by atoms with Crippen LogP contribution >= 0.6 is 0 Å². The van der Waals surface area contributed by atoms with Gasteiger partial charge in [-0.1, -0.05) is 0 Å². The van der Waals surface area contributed by atoms with E-state index in [1.807, 2.05) is 0 Å². The van der Waals surface area contributed by atoms with Crippen molar-refractivity contribution in [3.63, 3.8) is 0 Å². The molecule has 0 aliphatic carbocycles. The Kier molecular flexibility index (Phi) is 21.9. The Morgan fingerprint density at radius 2 is 0.778 bits per heavy atom. The topological polar surface area (TPSA) is 114 Å². The summed E-state index contributed by atoms with van der Waals surface area (Å²) in [5.74, 6) is 0. The molecule has 0 heterocycles. The minimum atomic E-state index is -4.34. The number of hydrogen-bond acceptors (Lipinski definition) is 6. The molecule has 0 unspecified atom stereocenters. The molecule has 0 fully saturated rings. The molecule has 0 saturated heterocycles. The third-order valence-corrected chi connectivity index (χ3v) is 0. The zero-order valence-electron chi connectivity index (χ0n) is 3.65. The van der Waals surface area contributed by atoms with Crippen LogP contribution in [0.4, 0.5) is 0 Å². The molecule has 6 nitrogen and oxygen atoms in total. The van der Waals surface area contributed by atoms with E-state index in [0.29, 0.717) is 0 Å². The summed E-state index contributed by atoms with van der Waals surface area (Å²) in [6.07, 6.45) is 0. The van der Waals surface area contributed by atoms with Crippen molar-refractivity contribution in [1.82, 2.24) is 0 Å². The Labute approximate surface area is 74.3 Å². The van der Waals surface area contributed by atoms with Gasteiger partial charge in [0.2, 0.25) is 0 Å². The van der Waals surface area contributed by atoms with Gasteiger partial charge in [-0.05, 0) is 0 Å². The van der Waals surface area contributed by atoms with E-state index in [9.17, 15) is 0 Å². The summed E-state index contributed by atoms with van der Waals surface area (Å²) in [7, 11) is 0. The van der Waals surface area contributed by atoms with Gasteiger partial charge in [0.15, 0.2) is 0 Å². The molecule has 0 atom stereocenters. The molecule has 9 heteroatoms. The average Bonchev–Trinajstić information content (AvgIpc) is 1.25. The van der Waals surface area contributed by atoms with Gasteiger partial charge in [0.25, 0.3) is 0 Å². The molecule has 57 valence electrons. The van der Waals surface area contributed by atoms with Crippen molar-refractivity contribution < 1.29 is 74.9 Å². The van der Waals surface area contributed by atoms with Crippen LogP contribution in [0.5, 0.6) is 0 Å². The second-order valence-electron chi connectivity index (χ2n) is 0.447. The predicted octanol–water partition coefficient (Wildman–Crippen LogP) is -2.86. The summed E-state index contributed by atoms with van der Waals surface area (Å²) in [6, 6.07) is 0. The third-order valence-electron chi connectivity index (χ3n) is 0. The fraction of sp³-hybridized carbons (Fsp3) is 0. The molecule has 9 heavy (non-hydrogen) atoms. The van der Waals surface area contributed by atoms with Crippen LogP contribution < -0.4 is 7.23 Å². The Morgan fingerprint density at radius 3 is 0.778 bits per heavy atom. The van der Waals surface area contributed by atoms with Crippen LogP contribution in [0.15, 0.2) is 0 Å². The fourth-order valence-electron chi connectivity index (χ4n) is 0. The first-order valence-electron chi connectivity index (χ1n) is 1.10. The maximum absolute atomic E-state index is 8.62. The first kappa shape index (κ1) is 16.6. The average molecular weight is 521 g/mol. The van der Waals surface area contributed by atoms with Crippen LogP contribution in [0.3, 0.4) is 0 Å². The van der Waals surface area contributed by atoms with Crippen LogP contribution in [-0.4, -0.2) is 0 Å². The molecule has 1 radical (unpaired) electrons. The molecule has 0 aliphatic heterocycles. The summed E-state index contributed by atoms with van der Waals surface area (Å²) < 4.78 is 51.7. The second-order valence-corrected chi connectivity index (χ2v) is 3.66. The Morgan fingerprint density at radius 1 is 0.778 bits per heavy atom. The summed E-state index contributed by atoms with van der Waals surface area (Å²) in [5.41, 5.74) is 0. The predicted molar refractivity (Wildman–Crippen MR) is 2.75 cm³/mol. The van der Waals surface area contributed by atoms with Gasteiger partial charge in [0.05, 0.1) is 0 Å². The second kappa shape index (κ2) is 11.9. The van der Waals surface area contributed by atoms with Gasteiger partial charge in [-0.15, -0.1) is 0 Å². The fourth-order valence-corrected chi connectivity index (χ4v) is 0. The first-order chi connectivity index (χ1) is 3.46. The quantitative estimate of drug-likeness (QED) is 0.317. The van der Waals surface area contributed by atoms with Gasteiger partial charge in [-0.25, -0.2) is 0 Å². The SMILES string of the molecule is [Cu+2].[O]=[Ta](=[O])[O-].[O]=[Ta](=[O])[O-]. The molecule has 0 N–H and O–H groups in total. The van der Waals surface area contributed by atoms with Crippen LogP contribution in [0.1, 0.15) is 0 Å². The van der Waals surface area contributed by atoms with E-state index in [-0.39, 0.29) is 17.1 Å². The first-order valence-corrected chi connectivity index (χ1v) is 8.97. The van der Waals surface area contributed by atoms with Crippen LogP contribution in [0.25, 0.3) is 0 Å². The van der Waals surface area contributed by atoms with Crippen molar-refractivity contribution in [3.8, 4) is 0 Å². The molecule has 0 aromatic rings. The van der Waals surface area contributed by atoms with Crippen LogP contribution in [0.2, 0.25) is 0 Å². The van der Waals surface area contributed by atoms with E-state index < -0.39 is 37.6 Å². The molecule has 0 aromatic heterocycles. The Balaban J connectivity index is -0.0000000720. The Bertz CT molecular complexity index is 128. The number of rotatable bonds is 0. The van der Waals surface area contributed by atoms with E-state index in [2.05, 4.69) is 0 Å². The molecule has 0 amide bonds. The van der Waals surface area contributed by atoms with Crippen molar-refractivity contribution in [3.05, 3.63) is 0 Å². The summed E-state index contributed by atoms with van der Waals surface area (Å²) in [4.78, 5) is 0. The minimum absolute atomic E-state index is 0. The van der Waals surface area contributed by atoms with Crippen molar-refractivity contribution in [2.24, 2.45) is 0 Å². The van der Waals surface area contributed by atoms with Gasteiger partial charge in [-0.2, -0.15) is 0 Å². The van der Waals surface area contributed by atoms with E-state index >= 15 is 0 Å². The summed E-state index contributed by atoms with van der Waals surface area (Å²) in [5, 5.41) is 0. The molecule has 0 saturated carbocycles. The van der Waals surface area contributed by atoms with E-state index in [1.165, 1.54) is 0 Å². The van der Waals surface area contributed by atoms with Gasteiger partial charge >= 0.3 is 74.9 Å². The summed E-state index contributed by atoms with van der Waals surface area (Å²) in [6.45, 7) is 0. The zero-order valence-corrected chi connectivity index (χ0v) is 11.0. The monoisotopic (exact) mass is 521 g/mol. The third kappa shape index (κ3) is 369. The normalized spacial score (nSPS) is 5.56. The summed E-state index contributed by atoms with van der Waals surface area (Å²) >= 11 is -8.69. The molecular weight excluding hydrogens is 521 g/mol. The van der Waals surface area contributed by atoms with Crippen molar-refractivity contribution in [2.45, 2.75) is 0 Å². The van der Waals surface area contributed by atoms with Crippen LogP contribution in [-0.2, 0) is 67.6 Å². The van der Waals surface area contributed by atoms with Crippen molar-refractivity contribution in [2.75, 3.05) is 0 Å². The molecule has 0 aliphatic rings. The van der Waals surface area contributed by atoms with E-state index in [1.54, 1.807) is 0 Å². The number of hydrogen-bond donors (Lipinski definition) is 0. The zero-order chi connectivity index (χ0) is 7.15. The van der Waals surface area contributed by atoms with E-state index in [4.69, 9.17) is 20.2 Å². The molecular formula is CuO6Ta2. The molecule has 0 rings (SSSR count). The van der Waals surface area contributed by atoms with Gasteiger partial charge in [0, 0.05) is 0 Å². The Hall–Kier alpha value is 1.12. The van der Waals surface area contributed by atoms with Gasteiger partial charge in [0.1, 0.15) is 0 Å². The van der Waals surface area contributed by atoms with Crippen molar-refractivity contribution in [1.29, 1.82) is 0 Å². The van der Waals surface area contributed by atoms with Crippen LogP contribution in [0, 0.1) is 0 Å².